The van der Waals surface area contributed by atoms with Crippen molar-refractivity contribution in [2.24, 2.45) is 17.8 Å². The Morgan fingerprint density at radius 2 is 1.80 bits per heavy atom. The Morgan fingerprint density at radius 1 is 1.15 bits per heavy atom. The zero-order valence-electron chi connectivity index (χ0n) is 12.0. The molecule has 0 amide bonds. The second-order valence-electron chi connectivity index (χ2n) is 6.45. The number of halogens is 2. The first-order valence-corrected chi connectivity index (χ1v) is 7.85. The van der Waals surface area contributed by atoms with Crippen molar-refractivity contribution >= 4 is 0 Å². The molecule has 3 unspecified atom stereocenters. The van der Waals surface area contributed by atoms with E-state index in [-0.39, 0.29) is 11.6 Å². The normalized spacial score (nSPS) is 29.2. The summed E-state index contributed by atoms with van der Waals surface area (Å²) >= 11 is 0. The molecule has 0 heterocycles. The van der Waals surface area contributed by atoms with Gasteiger partial charge in [-0.25, -0.2) is 8.78 Å². The van der Waals surface area contributed by atoms with Crippen LogP contribution >= 0.6 is 0 Å². The molecule has 3 rings (SSSR count). The number of nitrogens with one attached hydrogen (secondary N) is 1. The summed E-state index contributed by atoms with van der Waals surface area (Å²) in [6.45, 7) is 3.05. The molecule has 0 bridgehead atoms. The Morgan fingerprint density at radius 3 is 2.40 bits per heavy atom. The van der Waals surface area contributed by atoms with Gasteiger partial charge in [-0.1, -0.05) is 13.0 Å². The van der Waals surface area contributed by atoms with Crippen LogP contribution in [0.4, 0.5) is 8.78 Å². The second-order valence-corrected chi connectivity index (χ2v) is 6.45. The van der Waals surface area contributed by atoms with Gasteiger partial charge in [-0.2, -0.15) is 0 Å². The largest absolute Gasteiger partial charge is 0.313 e. The van der Waals surface area contributed by atoms with E-state index in [4.69, 9.17) is 0 Å². The Balaban J connectivity index is 1.71. The molecule has 1 aromatic carbocycles. The highest BCUT2D eigenvalue weighted by molar-refractivity contribution is 5.21. The van der Waals surface area contributed by atoms with Crippen LogP contribution in [-0.4, -0.2) is 12.6 Å². The molecule has 0 radical (unpaired) electrons. The fourth-order valence-electron chi connectivity index (χ4n) is 3.77. The summed E-state index contributed by atoms with van der Waals surface area (Å²) < 4.78 is 27.7. The highest BCUT2D eigenvalue weighted by Crippen LogP contribution is 2.55. The molecule has 110 valence electrons. The molecule has 0 aliphatic heterocycles. The number of hydrogen-bond acceptors (Lipinski definition) is 1. The van der Waals surface area contributed by atoms with E-state index in [1.54, 1.807) is 0 Å². The maximum atomic E-state index is 13.8. The standard InChI is InChI=1S/C17H23F2N/c1-2-6-20-17(13-8-11-7-12(11)9-13)10-14-15(18)4-3-5-16(14)19/h3-5,11-13,17,20H,2,6-10H2,1H3. The number of benzene rings is 1. The van der Waals surface area contributed by atoms with Crippen LogP contribution in [0.1, 0.15) is 38.2 Å². The zero-order chi connectivity index (χ0) is 14.1. The summed E-state index contributed by atoms with van der Waals surface area (Å²) in [6.07, 6.45) is 5.38. The monoisotopic (exact) mass is 279 g/mol. The average molecular weight is 279 g/mol. The lowest BCUT2D eigenvalue weighted by atomic mass is 9.89. The smallest absolute Gasteiger partial charge is 0.129 e. The lowest BCUT2D eigenvalue weighted by Crippen LogP contribution is -2.38. The van der Waals surface area contributed by atoms with E-state index in [2.05, 4.69) is 12.2 Å². The summed E-state index contributed by atoms with van der Waals surface area (Å²) in [7, 11) is 0. The maximum Gasteiger partial charge on any atom is 0.129 e. The Hall–Kier alpha value is -0.960. The van der Waals surface area contributed by atoms with E-state index in [1.165, 1.54) is 37.5 Å². The minimum Gasteiger partial charge on any atom is -0.313 e. The van der Waals surface area contributed by atoms with E-state index >= 15 is 0 Å². The van der Waals surface area contributed by atoms with Gasteiger partial charge in [0.25, 0.3) is 0 Å². The van der Waals surface area contributed by atoms with Gasteiger partial charge in [0.15, 0.2) is 0 Å². The van der Waals surface area contributed by atoms with Crippen LogP contribution in [0, 0.1) is 29.4 Å². The summed E-state index contributed by atoms with van der Waals surface area (Å²) in [5.74, 6) is 1.57. The fraction of sp³-hybridized carbons (Fsp3) is 0.647. The van der Waals surface area contributed by atoms with Gasteiger partial charge in [-0.15, -0.1) is 0 Å². The molecule has 2 saturated carbocycles. The van der Waals surface area contributed by atoms with Crippen molar-refractivity contribution in [1.29, 1.82) is 0 Å². The van der Waals surface area contributed by atoms with Crippen LogP contribution in [0.3, 0.4) is 0 Å². The Bertz CT molecular complexity index is 444. The van der Waals surface area contributed by atoms with Crippen molar-refractivity contribution in [3.05, 3.63) is 35.4 Å². The topological polar surface area (TPSA) is 12.0 Å². The van der Waals surface area contributed by atoms with Crippen LogP contribution in [-0.2, 0) is 6.42 Å². The van der Waals surface area contributed by atoms with E-state index in [1.807, 2.05) is 0 Å². The predicted octanol–water partition coefficient (Wildman–Crippen LogP) is 3.92. The SMILES string of the molecule is CCCNC(Cc1c(F)cccc1F)C1CC2CC2C1. The lowest BCUT2D eigenvalue weighted by molar-refractivity contribution is 0.326. The zero-order valence-corrected chi connectivity index (χ0v) is 12.0. The molecular weight excluding hydrogens is 256 g/mol. The summed E-state index contributed by atoms with van der Waals surface area (Å²) in [6, 6.07) is 4.38. The van der Waals surface area contributed by atoms with E-state index < -0.39 is 11.6 Å². The molecule has 0 aromatic heterocycles. The third-order valence-corrected chi connectivity index (χ3v) is 4.99. The molecular formula is C17H23F2N. The molecule has 3 heteroatoms. The van der Waals surface area contributed by atoms with Crippen LogP contribution < -0.4 is 5.32 Å². The summed E-state index contributed by atoms with van der Waals surface area (Å²) in [5, 5.41) is 3.52. The van der Waals surface area contributed by atoms with Crippen molar-refractivity contribution in [3.8, 4) is 0 Å². The first-order valence-electron chi connectivity index (χ1n) is 7.85. The van der Waals surface area contributed by atoms with Gasteiger partial charge in [0.2, 0.25) is 0 Å². The summed E-state index contributed by atoms with van der Waals surface area (Å²) in [4.78, 5) is 0. The molecule has 3 atom stereocenters. The number of fused-ring (bicyclic) bond motifs is 1. The van der Waals surface area contributed by atoms with Gasteiger partial charge in [-0.05, 0) is 68.5 Å². The molecule has 0 saturated heterocycles. The van der Waals surface area contributed by atoms with Crippen LogP contribution in [0.25, 0.3) is 0 Å². The van der Waals surface area contributed by atoms with E-state index in [0.717, 1.165) is 24.8 Å². The van der Waals surface area contributed by atoms with E-state index in [9.17, 15) is 8.78 Å². The molecule has 2 aliphatic carbocycles. The van der Waals surface area contributed by atoms with Gasteiger partial charge in [0.1, 0.15) is 11.6 Å². The van der Waals surface area contributed by atoms with Crippen molar-refractivity contribution in [2.45, 2.75) is 45.1 Å². The third-order valence-electron chi connectivity index (χ3n) is 4.99. The molecule has 1 aromatic rings. The molecule has 20 heavy (non-hydrogen) atoms. The van der Waals surface area contributed by atoms with Crippen LogP contribution in [0.5, 0.6) is 0 Å². The molecule has 2 fully saturated rings. The molecule has 1 nitrogen and oxygen atoms in total. The number of hydrogen-bond donors (Lipinski definition) is 1. The van der Waals surface area contributed by atoms with Gasteiger partial charge >= 0.3 is 0 Å². The van der Waals surface area contributed by atoms with Crippen LogP contribution in [0.15, 0.2) is 18.2 Å². The summed E-state index contributed by atoms with van der Waals surface area (Å²) in [5.41, 5.74) is 0.252. The third kappa shape index (κ3) is 2.88. The minimum atomic E-state index is -0.406. The molecule has 2 aliphatic rings. The van der Waals surface area contributed by atoms with Crippen LogP contribution in [0.2, 0.25) is 0 Å². The predicted molar refractivity (Wildman–Crippen MR) is 76.5 cm³/mol. The van der Waals surface area contributed by atoms with Crippen molar-refractivity contribution in [2.75, 3.05) is 6.54 Å². The highest BCUT2D eigenvalue weighted by atomic mass is 19.1. The first-order chi connectivity index (χ1) is 9.69. The first kappa shape index (κ1) is 14.0. The highest BCUT2D eigenvalue weighted by Gasteiger charge is 2.47. The molecule has 1 N–H and O–H groups in total. The van der Waals surface area contributed by atoms with Crippen molar-refractivity contribution < 1.29 is 8.78 Å². The van der Waals surface area contributed by atoms with Gasteiger partial charge in [0, 0.05) is 11.6 Å². The number of rotatable bonds is 6. The van der Waals surface area contributed by atoms with Gasteiger partial charge < -0.3 is 5.32 Å². The van der Waals surface area contributed by atoms with Gasteiger partial charge in [-0.3, -0.25) is 0 Å². The minimum absolute atomic E-state index is 0.217. The lowest BCUT2D eigenvalue weighted by Gasteiger charge is -2.26. The Labute approximate surface area is 119 Å². The quantitative estimate of drug-likeness (QED) is 0.832. The van der Waals surface area contributed by atoms with Crippen molar-refractivity contribution in [1.82, 2.24) is 5.32 Å². The van der Waals surface area contributed by atoms with Crippen molar-refractivity contribution in [3.63, 3.8) is 0 Å². The van der Waals surface area contributed by atoms with Gasteiger partial charge in [0.05, 0.1) is 0 Å². The fourth-order valence-corrected chi connectivity index (χ4v) is 3.77. The average Bonchev–Trinajstić information content (AvgIpc) is 3.04. The maximum absolute atomic E-state index is 13.8. The second kappa shape index (κ2) is 5.80. The van der Waals surface area contributed by atoms with E-state index in [0.29, 0.717) is 12.3 Å². The molecule has 0 spiro atoms. The Kier molecular flexibility index (Phi) is 4.06.